The van der Waals surface area contributed by atoms with E-state index >= 15 is 0 Å². The maximum Gasteiger partial charge on any atom is 0.333 e. The van der Waals surface area contributed by atoms with Gasteiger partial charge in [-0.05, 0) is 62.1 Å². The fourth-order valence-corrected chi connectivity index (χ4v) is 6.82. The van der Waals surface area contributed by atoms with Gasteiger partial charge in [0.15, 0.2) is 11.2 Å². The van der Waals surface area contributed by atoms with Crippen LogP contribution in [0.15, 0.2) is 58.1 Å². The van der Waals surface area contributed by atoms with Gasteiger partial charge < -0.3 is 5.73 Å². The number of carbonyl (C=O) groups excluding carboxylic acids is 1. The third-order valence-corrected chi connectivity index (χ3v) is 9.38. The quantitative estimate of drug-likeness (QED) is 0.366. The molecule has 10 nitrogen and oxygen atoms in total. The zero-order valence-electron chi connectivity index (χ0n) is 20.9. The SMILES string of the molecule is C[C@H](C(N)=O)n1c(=O)c2c(nc(-c3ccccc3Cl)n2-c2ccc(Cl)cc2)n(CC2CCS(=O)(=O)CC2)c1=O. The van der Waals surface area contributed by atoms with E-state index in [1.807, 2.05) is 0 Å². The van der Waals surface area contributed by atoms with Crippen LogP contribution in [-0.2, 0) is 21.2 Å². The molecule has 1 aliphatic rings. The second kappa shape index (κ2) is 10.3. The average Bonchev–Trinajstić information content (AvgIpc) is 3.28. The highest BCUT2D eigenvalue weighted by molar-refractivity contribution is 7.91. The number of benzene rings is 2. The summed E-state index contributed by atoms with van der Waals surface area (Å²) < 4.78 is 27.8. The molecule has 0 radical (unpaired) electrons. The first-order chi connectivity index (χ1) is 18.5. The molecular formula is C26H25Cl2N5O5S. The summed E-state index contributed by atoms with van der Waals surface area (Å²) >= 11 is 12.7. The summed E-state index contributed by atoms with van der Waals surface area (Å²) in [4.78, 5) is 44.7. The molecule has 2 N–H and O–H groups in total. The van der Waals surface area contributed by atoms with Crippen molar-refractivity contribution in [1.29, 1.82) is 0 Å². The number of fused-ring (bicyclic) bond motifs is 1. The topological polar surface area (TPSA) is 139 Å². The minimum absolute atomic E-state index is 0.0109. The molecule has 0 bridgehead atoms. The third kappa shape index (κ3) is 5.02. The molecule has 1 fully saturated rings. The molecule has 0 spiro atoms. The Labute approximate surface area is 233 Å². The smallest absolute Gasteiger partial charge is 0.333 e. The van der Waals surface area contributed by atoms with Crippen molar-refractivity contribution in [2.75, 3.05) is 11.5 Å². The summed E-state index contributed by atoms with van der Waals surface area (Å²) in [5.41, 5.74) is 5.21. The number of primary amides is 1. The fraction of sp³-hybridized carbons (Fsp3) is 0.308. The molecule has 1 saturated heterocycles. The Morgan fingerprint density at radius 1 is 1.08 bits per heavy atom. The summed E-state index contributed by atoms with van der Waals surface area (Å²) in [6.45, 7) is 1.49. The maximum atomic E-state index is 14.0. The number of nitrogens with two attached hydrogens (primary N) is 1. The van der Waals surface area contributed by atoms with Gasteiger partial charge in [-0.2, -0.15) is 0 Å². The van der Waals surface area contributed by atoms with Gasteiger partial charge in [-0.15, -0.1) is 0 Å². The number of carbonyl (C=O) groups is 1. The molecule has 1 aliphatic heterocycles. The van der Waals surface area contributed by atoms with Gasteiger partial charge >= 0.3 is 5.69 Å². The highest BCUT2D eigenvalue weighted by Crippen LogP contribution is 2.32. The number of nitrogens with zero attached hydrogens (tertiary/aromatic N) is 4. The molecule has 204 valence electrons. The second-order valence-corrected chi connectivity index (χ2v) is 12.8. The van der Waals surface area contributed by atoms with E-state index in [2.05, 4.69) is 0 Å². The molecule has 5 rings (SSSR count). The van der Waals surface area contributed by atoms with E-state index in [1.54, 1.807) is 53.1 Å². The highest BCUT2D eigenvalue weighted by atomic mass is 35.5. The van der Waals surface area contributed by atoms with Gasteiger partial charge in [-0.3, -0.25) is 18.7 Å². The van der Waals surface area contributed by atoms with Crippen molar-refractivity contribution in [3.63, 3.8) is 0 Å². The van der Waals surface area contributed by atoms with Crippen LogP contribution in [0.3, 0.4) is 0 Å². The van der Waals surface area contributed by atoms with E-state index in [9.17, 15) is 22.8 Å². The lowest BCUT2D eigenvalue weighted by atomic mass is 10.0. The summed E-state index contributed by atoms with van der Waals surface area (Å²) in [7, 11) is -3.13. The largest absolute Gasteiger partial charge is 0.368 e. The molecular weight excluding hydrogens is 565 g/mol. The number of amides is 1. The normalized spacial score (nSPS) is 16.4. The van der Waals surface area contributed by atoms with Gasteiger partial charge in [-0.1, -0.05) is 35.3 Å². The van der Waals surface area contributed by atoms with E-state index in [4.69, 9.17) is 33.9 Å². The van der Waals surface area contributed by atoms with Crippen molar-refractivity contribution in [3.8, 4) is 17.1 Å². The van der Waals surface area contributed by atoms with Crippen LogP contribution in [0.4, 0.5) is 0 Å². The van der Waals surface area contributed by atoms with Crippen molar-refractivity contribution >= 4 is 50.1 Å². The summed E-state index contributed by atoms with van der Waals surface area (Å²) in [6.07, 6.45) is 0.714. The minimum Gasteiger partial charge on any atom is -0.368 e. The minimum atomic E-state index is -3.13. The Morgan fingerprint density at radius 2 is 1.72 bits per heavy atom. The molecule has 2 aromatic heterocycles. The van der Waals surface area contributed by atoms with E-state index in [-0.39, 0.29) is 35.1 Å². The molecule has 0 unspecified atom stereocenters. The van der Waals surface area contributed by atoms with Crippen LogP contribution < -0.4 is 17.0 Å². The van der Waals surface area contributed by atoms with Gasteiger partial charge in [0, 0.05) is 22.8 Å². The Bertz CT molecular complexity index is 1810. The Morgan fingerprint density at radius 3 is 2.33 bits per heavy atom. The Balaban J connectivity index is 1.87. The monoisotopic (exact) mass is 589 g/mol. The van der Waals surface area contributed by atoms with E-state index in [1.165, 1.54) is 11.5 Å². The molecule has 13 heteroatoms. The zero-order valence-corrected chi connectivity index (χ0v) is 23.2. The van der Waals surface area contributed by atoms with Gasteiger partial charge in [0.25, 0.3) is 5.56 Å². The lowest BCUT2D eigenvalue weighted by Crippen LogP contribution is -2.46. The number of halogens is 2. The molecule has 0 aliphatic carbocycles. The van der Waals surface area contributed by atoms with Crippen LogP contribution in [0.25, 0.3) is 28.2 Å². The molecule has 4 aromatic rings. The van der Waals surface area contributed by atoms with Crippen LogP contribution in [0.2, 0.25) is 10.0 Å². The van der Waals surface area contributed by atoms with Gasteiger partial charge in [0.2, 0.25) is 5.91 Å². The van der Waals surface area contributed by atoms with E-state index in [0.717, 1.165) is 4.57 Å². The van der Waals surface area contributed by atoms with E-state index < -0.39 is 33.0 Å². The first-order valence-electron chi connectivity index (χ1n) is 12.3. The van der Waals surface area contributed by atoms with Crippen molar-refractivity contribution in [1.82, 2.24) is 18.7 Å². The van der Waals surface area contributed by atoms with Gasteiger partial charge in [-0.25, -0.2) is 22.8 Å². The first kappa shape index (κ1) is 27.2. The average molecular weight is 590 g/mol. The summed E-state index contributed by atoms with van der Waals surface area (Å²) in [6, 6.07) is 12.4. The molecule has 2 aromatic carbocycles. The number of rotatable bonds is 6. The van der Waals surface area contributed by atoms with Crippen molar-refractivity contribution in [2.45, 2.75) is 32.4 Å². The number of sulfone groups is 1. The van der Waals surface area contributed by atoms with Crippen molar-refractivity contribution in [2.24, 2.45) is 11.7 Å². The molecule has 39 heavy (non-hydrogen) atoms. The van der Waals surface area contributed by atoms with Crippen LogP contribution >= 0.6 is 23.2 Å². The third-order valence-electron chi connectivity index (χ3n) is 7.09. The maximum absolute atomic E-state index is 14.0. The second-order valence-electron chi connectivity index (χ2n) is 9.64. The summed E-state index contributed by atoms with van der Waals surface area (Å²) in [5, 5.41) is 0.853. The zero-order chi connectivity index (χ0) is 28.1. The molecule has 1 atom stereocenters. The molecule has 0 saturated carbocycles. The molecule has 1 amide bonds. The number of hydrogen-bond donors (Lipinski definition) is 1. The highest BCUT2D eigenvalue weighted by Gasteiger charge is 2.30. The van der Waals surface area contributed by atoms with E-state index in [0.29, 0.717) is 40.0 Å². The number of hydrogen-bond acceptors (Lipinski definition) is 6. The standard InChI is InChI=1S/C26H25Cl2N5O5S/c1-15(22(29)34)32-25(35)21-24(31(26(32)36)14-16-10-12-39(37,38)13-11-16)30-23(19-4-2-3-5-20(19)28)33(21)18-8-6-17(27)7-9-18/h2-9,15-16H,10-14H2,1H3,(H2,29,34)/t15-/m1/s1. The van der Waals surface area contributed by atoms with Crippen molar-refractivity contribution < 1.29 is 13.2 Å². The van der Waals surface area contributed by atoms with Gasteiger partial charge in [0.1, 0.15) is 21.7 Å². The van der Waals surface area contributed by atoms with Crippen molar-refractivity contribution in [3.05, 3.63) is 79.4 Å². The lowest BCUT2D eigenvalue weighted by molar-refractivity contribution is -0.120. The van der Waals surface area contributed by atoms with Crippen LogP contribution in [0.1, 0.15) is 25.8 Å². The van der Waals surface area contributed by atoms with Gasteiger partial charge in [0.05, 0.1) is 16.5 Å². The summed E-state index contributed by atoms with van der Waals surface area (Å²) in [5.74, 6) is -0.686. The Hall–Kier alpha value is -3.41. The Kier molecular flexibility index (Phi) is 7.17. The fourth-order valence-electron chi connectivity index (χ4n) is 4.89. The van der Waals surface area contributed by atoms with Crippen LogP contribution in [0.5, 0.6) is 0 Å². The first-order valence-corrected chi connectivity index (χ1v) is 14.8. The molecule has 3 heterocycles. The van der Waals surface area contributed by atoms with Crippen LogP contribution in [0, 0.1) is 5.92 Å². The number of imidazole rings is 1. The predicted octanol–water partition coefficient (Wildman–Crippen LogP) is 3.19. The number of aromatic nitrogens is 4. The lowest BCUT2D eigenvalue weighted by Gasteiger charge is -2.23. The predicted molar refractivity (Wildman–Crippen MR) is 150 cm³/mol. The van der Waals surface area contributed by atoms with Crippen LogP contribution in [-0.4, -0.2) is 44.5 Å².